The molecule has 5 nitrogen and oxygen atoms in total. The minimum atomic E-state index is -3.66. The molecule has 0 unspecified atom stereocenters. The van der Waals surface area contributed by atoms with Crippen LogP contribution in [0.15, 0.2) is 30.3 Å². The molecule has 9 heteroatoms. The van der Waals surface area contributed by atoms with Crippen molar-refractivity contribution in [2.45, 2.75) is 5.75 Å². The third-order valence-electron chi connectivity index (χ3n) is 2.23. The van der Waals surface area contributed by atoms with Crippen LogP contribution in [0.1, 0.15) is 5.56 Å². The molecule has 0 aliphatic carbocycles. The van der Waals surface area contributed by atoms with E-state index in [0.29, 0.717) is 10.6 Å². The number of benzene rings is 1. The van der Waals surface area contributed by atoms with Gasteiger partial charge in [0, 0.05) is 11.1 Å². The van der Waals surface area contributed by atoms with Crippen LogP contribution in [0.25, 0.3) is 0 Å². The molecule has 0 amide bonds. The third kappa shape index (κ3) is 4.21. The number of nitrogens with one attached hydrogen (secondary N) is 1. The van der Waals surface area contributed by atoms with Crippen molar-refractivity contribution >= 4 is 50.5 Å². The first-order chi connectivity index (χ1) is 9.35. The second-order valence-corrected chi connectivity index (χ2v) is 6.77. The molecule has 0 saturated heterocycles. The summed E-state index contributed by atoms with van der Waals surface area (Å²) in [6, 6.07) is 7.84. The van der Waals surface area contributed by atoms with Gasteiger partial charge in [0.25, 0.3) is 0 Å². The van der Waals surface area contributed by atoms with Crippen LogP contribution in [0.5, 0.6) is 0 Å². The summed E-state index contributed by atoms with van der Waals surface area (Å²) in [6.07, 6.45) is 0. The smallest absolute Gasteiger partial charge is 0.237 e. The highest BCUT2D eigenvalue weighted by Crippen LogP contribution is 2.23. The van der Waals surface area contributed by atoms with E-state index in [1.54, 1.807) is 24.3 Å². The Bertz CT molecular complexity index is 737. The van der Waals surface area contributed by atoms with Gasteiger partial charge in [-0.2, -0.15) is 0 Å². The summed E-state index contributed by atoms with van der Waals surface area (Å²) in [5, 5.41) is 7.44. The van der Waals surface area contributed by atoms with Crippen molar-refractivity contribution < 1.29 is 8.42 Å². The summed E-state index contributed by atoms with van der Waals surface area (Å²) in [5.74, 6) is -0.246. The SMILES string of the molecule is O=S(=O)(Cc1cccc(Cl)c1)Nc1cc(Cl)nnc1Cl. The fourth-order valence-corrected chi connectivity index (χ4v) is 3.21. The van der Waals surface area contributed by atoms with Gasteiger partial charge in [-0.05, 0) is 17.7 Å². The van der Waals surface area contributed by atoms with E-state index in [2.05, 4.69) is 14.9 Å². The summed E-state index contributed by atoms with van der Waals surface area (Å²) in [6.45, 7) is 0. The van der Waals surface area contributed by atoms with Crippen LogP contribution in [0.4, 0.5) is 5.69 Å². The zero-order valence-electron chi connectivity index (χ0n) is 9.85. The molecule has 0 spiro atoms. The van der Waals surface area contributed by atoms with Gasteiger partial charge < -0.3 is 0 Å². The van der Waals surface area contributed by atoms with Crippen molar-refractivity contribution in [3.63, 3.8) is 0 Å². The maximum Gasteiger partial charge on any atom is 0.237 e. The fourth-order valence-electron chi connectivity index (χ4n) is 1.47. The van der Waals surface area contributed by atoms with Crippen LogP contribution in [-0.2, 0) is 15.8 Å². The van der Waals surface area contributed by atoms with Crippen LogP contribution in [0, 0.1) is 0 Å². The first-order valence-corrected chi connectivity index (χ1v) is 8.08. The molecule has 2 rings (SSSR count). The Hall–Kier alpha value is -1.08. The minimum absolute atomic E-state index is 0.0369. The zero-order chi connectivity index (χ0) is 14.8. The van der Waals surface area contributed by atoms with Crippen molar-refractivity contribution in [1.29, 1.82) is 0 Å². The number of sulfonamides is 1. The summed E-state index contributed by atoms with van der Waals surface area (Å²) in [4.78, 5) is 0. The Kier molecular flexibility index (Phi) is 4.70. The largest absolute Gasteiger partial charge is 0.280 e. The average molecular weight is 353 g/mol. The summed E-state index contributed by atoms with van der Waals surface area (Å²) < 4.78 is 26.4. The first kappa shape index (κ1) is 15.3. The van der Waals surface area contributed by atoms with Crippen molar-refractivity contribution in [3.8, 4) is 0 Å². The number of aromatic nitrogens is 2. The van der Waals surface area contributed by atoms with Crippen LogP contribution in [0.3, 0.4) is 0 Å². The molecular weight excluding hydrogens is 345 g/mol. The molecule has 1 aromatic carbocycles. The molecule has 2 aromatic rings. The second-order valence-electron chi connectivity index (χ2n) is 3.86. The fraction of sp³-hybridized carbons (Fsp3) is 0.0909. The van der Waals surface area contributed by atoms with Crippen LogP contribution < -0.4 is 4.72 Å². The van der Waals surface area contributed by atoms with Crippen molar-refractivity contribution in [3.05, 3.63) is 51.2 Å². The van der Waals surface area contributed by atoms with E-state index in [0.717, 1.165) is 0 Å². The Morgan fingerprint density at radius 2 is 1.85 bits per heavy atom. The van der Waals surface area contributed by atoms with Crippen LogP contribution in [0.2, 0.25) is 15.3 Å². The summed E-state index contributed by atoms with van der Waals surface area (Å²) in [7, 11) is -3.66. The highest BCUT2D eigenvalue weighted by atomic mass is 35.5. The molecule has 1 aromatic heterocycles. The molecular formula is C11H8Cl3N3O2S. The molecule has 0 aliphatic heterocycles. The first-order valence-electron chi connectivity index (χ1n) is 5.29. The number of rotatable bonds is 4. The molecule has 0 radical (unpaired) electrons. The zero-order valence-corrected chi connectivity index (χ0v) is 12.9. The number of anilines is 1. The van der Waals surface area contributed by atoms with Crippen LogP contribution >= 0.6 is 34.8 Å². The van der Waals surface area contributed by atoms with Gasteiger partial charge in [0.2, 0.25) is 10.0 Å². The van der Waals surface area contributed by atoms with Gasteiger partial charge in [-0.1, -0.05) is 46.9 Å². The molecule has 0 atom stereocenters. The van der Waals surface area contributed by atoms with Crippen LogP contribution in [-0.4, -0.2) is 18.6 Å². The van der Waals surface area contributed by atoms with Gasteiger partial charge in [0.15, 0.2) is 10.3 Å². The molecule has 0 fully saturated rings. The Morgan fingerprint density at radius 3 is 2.55 bits per heavy atom. The van der Waals surface area contributed by atoms with E-state index >= 15 is 0 Å². The molecule has 1 N–H and O–H groups in total. The normalized spacial score (nSPS) is 11.3. The van der Waals surface area contributed by atoms with E-state index in [4.69, 9.17) is 34.8 Å². The quantitative estimate of drug-likeness (QED) is 0.915. The van der Waals surface area contributed by atoms with Crippen molar-refractivity contribution in [1.82, 2.24) is 10.2 Å². The van der Waals surface area contributed by atoms with Crippen molar-refractivity contribution in [2.24, 2.45) is 0 Å². The number of hydrogen-bond acceptors (Lipinski definition) is 4. The molecule has 106 valence electrons. The van der Waals surface area contributed by atoms with Gasteiger partial charge in [0.1, 0.15) is 0 Å². The second kappa shape index (κ2) is 6.13. The predicted octanol–water partition coefficient (Wildman–Crippen LogP) is 3.38. The van der Waals surface area contributed by atoms with E-state index in [1.165, 1.54) is 6.07 Å². The molecule has 1 heterocycles. The number of nitrogens with zero attached hydrogens (tertiary/aromatic N) is 2. The van der Waals surface area contributed by atoms with E-state index in [1.807, 2.05) is 0 Å². The monoisotopic (exact) mass is 351 g/mol. The standard InChI is InChI=1S/C11H8Cl3N3O2S/c12-8-3-1-2-7(4-8)6-20(18,19)17-9-5-10(13)15-16-11(9)14/h1-5H,6H2,(H,15,17). The maximum absolute atomic E-state index is 12.0. The Morgan fingerprint density at radius 1 is 1.10 bits per heavy atom. The minimum Gasteiger partial charge on any atom is -0.280 e. The van der Waals surface area contributed by atoms with E-state index < -0.39 is 10.0 Å². The van der Waals surface area contributed by atoms with E-state index in [9.17, 15) is 8.42 Å². The lowest BCUT2D eigenvalue weighted by Gasteiger charge is -2.09. The van der Waals surface area contributed by atoms with Gasteiger partial charge >= 0.3 is 0 Å². The van der Waals surface area contributed by atoms with E-state index in [-0.39, 0.29) is 21.7 Å². The average Bonchev–Trinajstić information content (AvgIpc) is 2.33. The molecule has 0 bridgehead atoms. The Balaban J connectivity index is 2.21. The lowest BCUT2D eigenvalue weighted by atomic mass is 10.2. The van der Waals surface area contributed by atoms with Gasteiger partial charge in [0.05, 0.1) is 11.4 Å². The third-order valence-corrected chi connectivity index (χ3v) is 4.17. The topological polar surface area (TPSA) is 72.0 Å². The summed E-state index contributed by atoms with van der Waals surface area (Å²) in [5.41, 5.74) is 0.628. The van der Waals surface area contributed by atoms with Gasteiger partial charge in [-0.3, -0.25) is 4.72 Å². The highest BCUT2D eigenvalue weighted by molar-refractivity contribution is 7.91. The van der Waals surface area contributed by atoms with Crippen molar-refractivity contribution in [2.75, 3.05) is 4.72 Å². The van der Waals surface area contributed by atoms with Gasteiger partial charge in [-0.25, -0.2) is 8.42 Å². The molecule has 0 saturated carbocycles. The van der Waals surface area contributed by atoms with Gasteiger partial charge in [-0.15, -0.1) is 10.2 Å². The maximum atomic E-state index is 12.0. The predicted molar refractivity (Wildman–Crippen MR) is 79.8 cm³/mol. The summed E-state index contributed by atoms with van der Waals surface area (Å²) >= 11 is 17.2. The Labute approximate surface area is 130 Å². The number of halogens is 3. The molecule has 0 aliphatic rings. The highest BCUT2D eigenvalue weighted by Gasteiger charge is 2.15. The lowest BCUT2D eigenvalue weighted by molar-refractivity contribution is 0.600. The lowest BCUT2D eigenvalue weighted by Crippen LogP contribution is -2.15. The number of hydrogen-bond donors (Lipinski definition) is 1. The molecule has 20 heavy (non-hydrogen) atoms.